The molecule has 1 heterocycles. The molecule has 1 aromatic rings. The molecule has 0 radical (unpaired) electrons. The fraction of sp³-hybridized carbons (Fsp3) is 0.250. The van der Waals surface area contributed by atoms with Crippen LogP contribution in [0.1, 0.15) is 17.7 Å². The van der Waals surface area contributed by atoms with Crippen molar-refractivity contribution >= 4 is 12.2 Å². The number of hydrogen-bond donors (Lipinski definition) is 1. The van der Waals surface area contributed by atoms with E-state index in [1.54, 1.807) is 29.9 Å². The Morgan fingerprint density at radius 1 is 1.71 bits per heavy atom. The predicted octanol–water partition coefficient (Wildman–Crippen LogP) is 0.386. The third kappa shape index (κ3) is 3.95. The summed E-state index contributed by atoms with van der Waals surface area (Å²) in [6.07, 6.45) is 8.05. The lowest BCUT2D eigenvalue weighted by Gasteiger charge is -2.02. The van der Waals surface area contributed by atoms with Gasteiger partial charge in [0.2, 0.25) is 5.69 Å². The molecule has 0 bridgehead atoms. The number of terminal acetylenes is 1. The fourth-order valence-corrected chi connectivity index (χ4v) is 1.25. The van der Waals surface area contributed by atoms with E-state index in [1.807, 2.05) is 0 Å². The number of hydrogen-bond acceptors (Lipinski definition) is 4. The summed E-state index contributed by atoms with van der Waals surface area (Å²) < 4.78 is 6.70. The minimum atomic E-state index is -0.420. The first-order valence-electron chi connectivity index (χ1n) is 4.92. The van der Waals surface area contributed by atoms with Crippen molar-refractivity contribution in [3.8, 4) is 12.3 Å². The molecule has 0 spiro atoms. The number of aryl methyl sites for hydroxylation is 1. The molecule has 0 saturated carbocycles. The molecule has 0 amide bonds. The van der Waals surface area contributed by atoms with Crippen LogP contribution in [0.15, 0.2) is 23.5 Å². The number of ether oxygens (including phenoxy) is 1. The first-order valence-corrected chi connectivity index (χ1v) is 4.92. The lowest BCUT2D eigenvalue weighted by atomic mass is 10.2. The Bertz CT molecular complexity index is 475. The molecule has 0 atom stereocenters. The van der Waals surface area contributed by atoms with Gasteiger partial charge >= 0.3 is 5.97 Å². The Kier molecular flexibility index (Phi) is 4.70. The maximum absolute atomic E-state index is 11.0. The van der Waals surface area contributed by atoms with Gasteiger partial charge in [-0.2, -0.15) is 4.57 Å². The van der Waals surface area contributed by atoms with Gasteiger partial charge in [0.25, 0.3) is 0 Å². The van der Waals surface area contributed by atoms with Gasteiger partial charge in [0.15, 0.2) is 6.20 Å². The SMILES string of the molecule is C#CCC(=O)OCc1ccc(C=NO)[n+](C)c1. The summed E-state index contributed by atoms with van der Waals surface area (Å²) >= 11 is 0. The number of oxime groups is 1. The largest absolute Gasteiger partial charge is 0.460 e. The highest BCUT2D eigenvalue weighted by atomic mass is 16.5. The van der Waals surface area contributed by atoms with Crippen molar-refractivity contribution in [3.05, 3.63) is 29.6 Å². The molecule has 88 valence electrons. The smallest absolute Gasteiger partial charge is 0.318 e. The highest BCUT2D eigenvalue weighted by molar-refractivity contribution is 5.74. The Morgan fingerprint density at radius 3 is 3.06 bits per heavy atom. The van der Waals surface area contributed by atoms with Crippen LogP contribution < -0.4 is 4.57 Å². The number of esters is 1. The van der Waals surface area contributed by atoms with E-state index in [0.29, 0.717) is 0 Å². The van der Waals surface area contributed by atoms with Crippen LogP contribution in [0.5, 0.6) is 0 Å². The summed E-state index contributed by atoms with van der Waals surface area (Å²) in [6.45, 7) is 0.172. The van der Waals surface area contributed by atoms with E-state index >= 15 is 0 Å². The molecule has 0 aromatic carbocycles. The lowest BCUT2D eigenvalue weighted by Crippen LogP contribution is -2.33. The van der Waals surface area contributed by atoms with Crippen LogP contribution in [0.2, 0.25) is 0 Å². The molecule has 1 N–H and O–H groups in total. The third-order valence-corrected chi connectivity index (χ3v) is 2.07. The summed E-state index contributed by atoms with van der Waals surface area (Å²) in [5.74, 6) is 1.80. The average molecular weight is 233 g/mol. The van der Waals surface area contributed by atoms with Crippen molar-refractivity contribution in [1.29, 1.82) is 0 Å². The maximum Gasteiger partial charge on any atom is 0.318 e. The van der Waals surface area contributed by atoms with Gasteiger partial charge in [-0.05, 0) is 6.07 Å². The highest BCUT2D eigenvalue weighted by Gasteiger charge is 2.07. The molecule has 5 heteroatoms. The van der Waals surface area contributed by atoms with Crippen LogP contribution >= 0.6 is 0 Å². The zero-order valence-electron chi connectivity index (χ0n) is 9.46. The second-order valence-corrected chi connectivity index (χ2v) is 3.36. The number of carbonyl (C=O) groups is 1. The normalized spacial score (nSPS) is 10.1. The van der Waals surface area contributed by atoms with Gasteiger partial charge in [0.05, 0.1) is 5.56 Å². The first-order chi connectivity index (χ1) is 8.17. The van der Waals surface area contributed by atoms with Gasteiger partial charge < -0.3 is 9.94 Å². The van der Waals surface area contributed by atoms with Crippen LogP contribution in [0.4, 0.5) is 0 Å². The maximum atomic E-state index is 11.0. The number of aromatic nitrogens is 1. The highest BCUT2D eigenvalue weighted by Crippen LogP contribution is 2.00. The van der Waals surface area contributed by atoms with Gasteiger partial charge in [-0.15, -0.1) is 6.42 Å². The van der Waals surface area contributed by atoms with Crippen LogP contribution in [-0.2, 0) is 23.2 Å². The molecule has 1 aromatic heterocycles. The fourth-order valence-electron chi connectivity index (χ4n) is 1.25. The molecule has 0 aliphatic carbocycles. The molecule has 0 fully saturated rings. The second kappa shape index (κ2) is 6.28. The van der Waals surface area contributed by atoms with E-state index in [9.17, 15) is 4.79 Å². The van der Waals surface area contributed by atoms with E-state index in [-0.39, 0.29) is 13.0 Å². The summed E-state index contributed by atoms with van der Waals surface area (Å²) in [6, 6.07) is 3.53. The van der Waals surface area contributed by atoms with Crippen LogP contribution in [0.25, 0.3) is 0 Å². The van der Waals surface area contributed by atoms with Crippen LogP contribution in [0, 0.1) is 12.3 Å². The number of nitrogens with zero attached hydrogens (tertiary/aromatic N) is 2. The van der Waals surface area contributed by atoms with E-state index in [0.717, 1.165) is 11.3 Å². The molecule has 5 nitrogen and oxygen atoms in total. The number of carbonyl (C=O) groups excluding carboxylic acids is 1. The van der Waals surface area contributed by atoms with Gasteiger partial charge in [-0.1, -0.05) is 11.1 Å². The Labute approximate surface area is 99.3 Å². The van der Waals surface area contributed by atoms with E-state index in [2.05, 4.69) is 11.1 Å². The minimum Gasteiger partial charge on any atom is -0.460 e. The van der Waals surface area contributed by atoms with Crippen molar-refractivity contribution in [1.82, 2.24) is 0 Å². The minimum absolute atomic E-state index is 0.0264. The van der Waals surface area contributed by atoms with E-state index < -0.39 is 5.97 Å². The predicted molar refractivity (Wildman–Crippen MR) is 60.2 cm³/mol. The van der Waals surface area contributed by atoms with Crippen LogP contribution in [-0.4, -0.2) is 17.4 Å². The Balaban J connectivity index is 2.65. The van der Waals surface area contributed by atoms with E-state index in [1.165, 1.54) is 6.21 Å². The lowest BCUT2D eigenvalue weighted by molar-refractivity contribution is -0.672. The zero-order valence-corrected chi connectivity index (χ0v) is 9.46. The van der Waals surface area contributed by atoms with Gasteiger partial charge in [0, 0.05) is 6.07 Å². The summed E-state index contributed by atoms with van der Waals surface area (Å²) in [7, 11) is 1.80. The Morgan fingerprint density at radius 2 is 2.47 bits per heavy atom. The average Bonchev–Trinajstić information content (AvgIpc) is 2.30. The van der Waals surface area contributed by atoms with Crippen molar-refractivity contribution in [2.75, 3.05) is 0 Å². The summed E-state index contributed by atoms with van der Waals surface area (Å²) in [5, 5.41) is 11.4. The Hall–Kier alpha value is -2.35. The standard InChI is InChI=1S/C12H12N2O3/c1-3-4-12(15)17-9-10-5-6-11(7-13-16)14(2)8-10/h1,5-8H,4,9H2,2H3/p+1. The first kappa shape index (κ1) is 12.7. The van der Waals surface area contributed by atoms with Crippen molar-refractivity contribution < 1.29 is 19.3 Å². The molecule has 17 heavy (non-hydrogen) atoms. The second-order valence-electron chi connectivity index (χ2n) is 3.36. The van der Waals surface area contributed by atoms with E-state index in [4.69, 9.17) is 16.4 Å². The number of rotatable bonds is 4. The molecule has 0 unspecified atom stereocenters. The molecule has 0 saturated heterocycles. The van der Waals surface area contributed by atoms with Gasteiger partial charge in [-0.25, -0.2) is 0 Å². The molecule has 0 aliphatic rings. The molecule has 0 aliphatic heterocycles. The quantitative estimate of drug-likeness (QED) is 0.204. The number of pyridine rings is 1. The van der Waals surface area contributed by atoms with Gasteiger partial charge in [-0.3, -0.25) is 4.79 Å². The molecular formula is C12H13N2O3+. The summed E-state index contributed by atoms with van der Waals surface area (Å²) in [4.78, 5) is 11.0. The monoisotopic (exact) mass is 233 g/mol. The van der Waals surface area contributed by atoms with Crippen molar-refractivity contribution in [2.45, 2.75) is 13.0 Å². The van der Waals surface area contributed by atoms with Crippen molar-refractivity contribution in [3.63, 3.8) is 0 Å². The zero-order chi connectivity index (χ0) is 12.7. The van der Waals surface area contributed by atoms with Gasteiger partial charge in [0.1, 0.15) is 26.3 Å². The van der Waals surface area contributed by atoms with Crippen LogP contribution in [0.3, 0.4) is 0 Å². The molecule has 1 rings (SSSR count). The molecular weight excluding hydrogens is 220 g/mol. The third-order valence-electron chi connectivity index (χ3n) is 2.07. The summed E-state index contributed by atoms with van der Waals surface area (Å²) in [5.41, 5.74) is 1.55. The topological polar surface area (TPSA) is 62.8 Å². The van der Waals surface area contributed by atoms with Crippen molar-refractivity contribution in [2.24, 2.45) is 12.2 Å².